The fraction of sp³-hybridized carbons (Fsp3) is 0.500. The Balaban J connectivity index is 2.14. The van der Waals surface area contributed by atoms with Gasteiger partial charge in [0.25, 0.3) is 0 Å². The van der Waals surface area contributed by atoms with Crippen molar-refractivity contribution in [3.63, 3.8) is 0 Å². The predicted octanol–water partition coefficient (Wildman–Crippen LogP) is 4.48. The second-order valence-electron chi connectivity index (χ2n) is 11.0. The zero-order valence-corrected chi connectivity index (χ0v) is 23.7. The van der Waals surface area contributed by atoms with Gasteiger partial charge in [-0.15, -0.1) is 0 Å². The van der Waals surface area contributed by atoms with Crippen molar-refractivity contribution < 1.29 is 24.2 Å². The second-order valence-corrected chi connectivity index (χ2v) is 11.0. The summed E-state index contributed by atoms with van der Waals surface area (Å²) in [7, 11) is 0. The highest BCUT2D eigenvalue weighted by atomic mass is 16.6. The van der Waals surface area contributed by atoms with Crippen molar-refractivity contribution >= 4 is 17.9 Å². The maximum absolute atomic E-state index is 13.5. The van der Waals surface area contributed by atoms with E-state index in [4.69, 9.17) is 4.74 Å². The molecular formula is C30H43N3O5. The molecule has 0 aromatic heterocycles. The van der Waals surface area contributed by atoms with Crippen molar-refractivity contribution in [2.45, 2.75) is 91.3 Å². The van der Waals surface area contributed by atoms with Gasteiger partial charge in [0, 0.05) is 13.0 Å². The molecule has 2 aromatic carbocycles. The van der Waals surface area contributed by atoms with E-state index < -0.39 is 29.2 Å². The van der Waals surface area contributed by atoms with Gasteiger partial charge in [0.05, 0.1) is 0 Å². The lowest BCUT2D eigenvalue weighted by Crippen LogP contribution is -2.61. The minimum atomic E-state index is -1.17. The highest BCUT2D eigenvalue weighted by Gasteiger charge is 2.36. The molecule has 4 N–H and O–H groups in total. The summed E-state index contributed by atoms with van der Waals surface area (Å²) in [5.74, 6) is -0.645. The summed E-state index contributed by atoms with van der Waals surface area (Å²) in [4.78, 5) is 39.3. The van der Waals surface area contributed by atoms with Crippen LogP contribution in [-0.2, 0) is 27.2 Å². The molecule has 38 heavy (non-hydrogen) atoms. The Hall–Kier alpha value is -3.55. The van der Waals surface area contributed by atoms with E-state index in [1.54, 1.807) is 39.8 Å². The highest BCUT2D eigenvalue weighted by molar-refractivity contribution is 5.94. The summed E-state index contributed by atoms with van der Waals surface area (Å²) in [6.45, 7) is 12.9. The molecular weight excluding hydrogens is 482 g/mol. The quantitative estimate of drug-likeness (QED) is 0.323. The van der Waals surface area contributed by atoms with E-state index >= 15 is 0 Å². The SMILES string of the molecule is CCC(C)(NC(=O)C(Cc1c(C)cc(O)cc1C)NC(=O)OC(C)(C)C)C(=O)NCCCc1ccccc1. The molecule has 2 atom stereocenters. The topological polar surface area (TPSA) is 117 Å². The van der Waals surface area contributed by atoms with Crippen LogP contribution in [0, 0.1) is 13.8 Å². The summed E-state index contributed by atoms with van der Waals surface area (Å²) < 4.78 is 5.39. The first-order valence-corrected chi connectivity index (χ1v) is 13.2. The van der Waals surface area contributed by atoms with Crippen LogP contribution in [0.1, 0.15) is 69.7 Å². The van der Waals surface area contributed by atoms with Gasteiger partial charge in [-0.05, 0) is 95.2 Å². The maximum Gasteiger partial charge on any atom is 0.408 e. The van der Waals surface area contributed by atoms with Gasteiger partial charge in [-0.25, -0.2) is 4.79 Å². The first-order valence-electron chi connectivity index (χ1n) is 13.2. The zero-order chi connectivity index (χ0) is 28.5. The lowest BCUT2D eigenvalue weighted by atomic mass is 9.93. The number of hydrogen-bond donors (Lipinski definition) is 4. The van der Waals surface area contributed by atoms with E-state index in [2.05, 4.69) is 16.0 Å². The minimum absolute atomic E-state index is 0.132. The summed E-state index contributed by atoms with van der Waals surface area (Å²) in [6.07, 6.45) is 1.41. The van der Waals surface area contributed by atoms with Crippen molar-refractivity contribution in [1.82, 2.24) is 16.0 Å². The van der Waals surface area contributed by atoms with Gasteiger partial charge in [-0.3, -0.25) is 9.59 Å². The van der Waals surface area contributed by atoms with E-state index in [1.165, 1.54) is 5.56 Å². The van der Waals surface area contributed by atoms with Gasteiger partial charge in [-0.2, -0.15) is 0 Å². The number of phenols is 1. The maximum atomic E-state index is 13.5. The fourth-order valence-corrected chi connectivity index (χ4v) is 4.15. The molecule has 0 aliphatic rings. The summed E-state index contributed by atoms with van der Waals surface area (Å²) in [5, 5.41) is 18.4. The van der Waals surface area contributed by atoms with E-state index in [0.29, 0.717) is 13.0 Å². The van der Waals surface area contributed by atoms with Crippen molar-refractivity contribution in [3.05, 3.63) is 64.7 Å². The molecule has 0 aliphatic heterocycles. The Bertz CT molecular complexity index is 1090. The molecule has 3 amide bonds. The Kier molecular flexibility index (Phi) is 10.7. The van der Waals surface area contributed by atoms with Gasteiger partial charge in [0.15, 0.2) is 0 Å². The first kappa shape index (κ1) is 30.7. The number of aryl methyl sites for hydroxylation is 3. The number of ether oxygens (including phenoxy) is 1. The van der Waals surface area contributed by atoms with E-state index in [1.807, 2.05) is 51.1 Å². The molecule has 0 radical (unpaired) electrons. The lowest BCUT2D eigenvalue weighted by molar-refractivity contribution is -0.134. The van der Waals surface area contributed by atoms with Crippen LogP contribution in [0.25, 0.3) is 0 Å². The van der Waals surface area contributed by atoms with E-state index in [-0.39, 0.29) is 18.1 Å². The smallest absolute Gasteiger partial charge is 0.408 e. The number of carbonyl (C=O) groups is 3. The number of rotatable bonds is 11. The number of benzene rings is 2. The molecule has 0 bridgehead atoms. The third kappa shape index (κ3) is 9.39. The van der Waals surface area contributed by atoms with Crippen LogP contribution in [0.5, 0.6) is 5.75 Å². The molecule has 208 valence electrons. The number of carbonyl (C=O) groups excluding carboxylic acids is 3. The highest BCUT2D eigenvalue weighted by Crippen LogP contribution is 2.23. The van der Waals surface area contributed by atoms with Crippen LogP contribution >= 0.6 is 0 Å². The third-order valence-electron chi connectivity index (χ3n) is 6.47. The first-order chi connectivity index (χ1) is 17.7. The number of hydrogen-bond acceptors (Lipinski definition) is 5. The number of phenolic OH excluding ortho intramolecular Hbond substituents is 1. The van der Waals surface area contributed by atoms with Gasteiger partial charge in [-0.1, -0.05) is 37.3 Å². The van der Waals surface area contributed by atoms with Gasteiger partial charge in [0.1, 0.15) is 22.9 Å². The molecule has 0 saturated carbocycles. The predicted molar refractivity (Wildman–Crippen MR) is 149 cm³/mol. The van der Waals surface area contributed by atoms with Crippen LogP contribution < -0.4 is 16.0 Å². The number of nitrogens with one attached hydrogen (secondary N) is 3. The molecule has 2 aromatic rings. The second kappa shape index (κ2) is 13.3. The van der Waals surface area contributed by atoms with E-state index in [0.717, 1.165) is 29.5 Å². The summed E-state index contributed by atoms with van der Waals surface area (Å²) in [5.41, 5.74) is 1.69. The standard InChI is InChI=1S/C30H43N3O5/c1-8-30(7,27(36)31-16-12-15-22-13-10-9-11-14-22)33-26(35)25(32-28(37)38-29(4,5)6)19-24-20(2)17-23(34)18-21(24)3/h9-11,13-14,17-18,25,34H,8,12,15-16,19H2,1-7H3,(H,31,36)(H,32,37)(H,33,35). The van der Waals surface area contributed by atoms with Crippen LogP contribution in [-0.4, -0.2) is 46.7 Å². The van der Waals surface area contributed by atoms with Crippen molar-refractivity contribution in [1.29, 1.82) is 0 Å². The van der Waals surface area contributed by atoms with Crippen LogP contribution in [0.15, 0.2) is 42.5 Å². The molecule has 0 heterocycles. The molecule has 8 nitrogen and oxygen atoms in total. The van der Waals surface area contributed by atoms with Gasteiger partial charge < -0.3 is 25.8 Å². The number of alkyl carbamates (subject to hydrolysis) is 1. The minimum Gasteiger partial charge on any atom is -0.508 e. The fourth-order valence-electron chi connectivity index (χ4n) is 4.15. The summed E-state index contributed by atoms with van der Waals surface area (Å²) >= 11 is 0. The Morgan fingerprint density at radius 1 is 1.00 bits per heavy atom. The lowest BCUT2D eigenvalue weighted by Gasteiger charge is -2.31. The normalized spacial score (nSPS) is 13.7. The largest absolute Gasteiger partial charge is 0.508 e. The van der Waals surface area contributed by atoms with Gasteiger partial charge in [0.2, 0.25) is 11.8 Å². The monoisotopic (exact) mass is 525 g/mol. The number of amides is 3. The van der Waals surface area contributed by atoms with Crippen molar-refractivity contribution in [2.75, 3.05) is 6.54 Å². The number of aromatic hydroxyl groups is 1. The zero-order valence-electron chi connectivity index (χ0n) is 23.7. The summed E-state index contributed by atoms with van der Waals surface area (Å²) in [6, 6.07) is 12.3. The molecule has 0 saturated heterocycles. The Morgan fingerprint density at radius 2 is 1.61 bits per heavy atom. The van der Waals surface area contributed by atoms with Crippen molar-refractivity contribution in [2.24, 2.45) is 0 Å². The Labute approximate surface area is 226 Å². The van der Waals surface area contributed by atoms with Gasteiger partial charge >= 0.3 is 6.09 Å². The molecule has 0 aliphatic carbocycles. The van der Waals surface area contributed by atoms with Crippen LogP contribution in [0.2, 0.25) is 0 Å². The average Bonchev–Trinajstić information content (AvgIpc) is 2.82. The molecule has 8 heteroatoms. The van der Waals surface area contributed by atoms with Crippen LogP contribution in [0.4, 0.5) is 4.79 Å². The molecule has 2 rings (SSSR count). The van der Waals surface area contributed by atoms with E-state index in [9.17, 15) is 19.5 Å². The third-order valence-corrected chi connectivity index (χ3v) is 6.47. The Morgan fingerprint density at radius 3 is 2.16 bits per heavy atom. The van der Waals surface area contributed by atoms with Crippen molar-refractivity contribution in [3.8, 4) is 5.75 Å². The molecule has 0 spiro atoms. The molecule has 2 unspecified atom stereocenters. The average molecular weight is 526 g/mol. The molecule has 0 fully saturated rings. The van der Waals surface area contributed by atoms with Crippen LogP contribution in [0.3, 0.4) is 0 Å².